The summed E-state index contributed by atoms with van der Waals surface area (Å²) in [6.07, 6.45) is 0. The second kappa shape index (κ2) is 3.97. The van der Waals surface area contributed by atoms with Gasteiger partial charge in [0.25, 0.3) is 0 Å². The Morgan fingerprint density at radius 1 is 1.50 bits per heavy atom. The molecular weight excluding hydrogens is 154 g/mol. The Morgan fingerprint density at radius 2 is 2.25 bits per heavy atom. The monoisotopic (exact) mass is 166 g/mol. The average Bonchev–Trinajstić information content (AvgIpc) is 2.09. The zero-order chi connectivity index (χ0) is 8.97. The van der Waals surface area contributed by atoms with Gasteiger partial charge in [0.15, 0.2) is 5.75 Å². The lowest BCUT2D eigenvalue weighted by Crippen LogP contribution is -1.97. The zero-order valence-electron chi connectivity index (χ0n) is 7.04. The molecule has 0 amide bonds. The predicted molar refractivity (Wildman–Crippen MR) is 45.6 cm³/mol. The van der Waals surface area contributed by atoms with Crippen LogP contribution in [0.25, 0.3) is 0 Å². The van der Waals surface area contributed by atoms with Gasteiger partial charge in [0.05, 0.1) is 6.61 Å². The molecule has 0 aromatic heterocycles. The van der Waals surface area contributed by atoms with Gasteiger partial charge in [-0.15, -0.1) is 0 Å². The van der Waals surface area contributed by atoms with Crippen LogP contribution in [-0.2, 0) is 11.7 Å². The summed E-state index contributed by atoms with van der Waals surface area (Å²) in [5, 5.41) is 11.2. The summed E-state index contributed by atoms with van der Waals surface area (Å²) in [7, 11) is 0. The van der Waals surface area contributed by atoms with Crippen molar-refractivity contribution in [3.05, 3.63) is 23.8 Å². The van der Waals surface area contributed by atoms with Crippen molar-refractivity contribution in [3.63, 3.8) is 0 Å². The van der Waals surface area contributed by atoms with Crippen LogP contribution in [0.1, 0.15) is 12.5 Å². The maximum Gasteiger partial charge on any atom is 0.220 e. The standard InChI is InChI=1S/C9H12NO2/c1-2-12-9-4-3-7(6-10)5-8(9)11/h3-5H,2,6,10H2,1H3. The highest BCUT2D eigenvalue weighted by Gasteiger charge is 2.03. The SMILES string of the molecule is CCOc1ccc(CN)cc1[O]. The Bertz CT molecular complexity index is 261. The number of rotatable bonds is 3. The minimum atomic E-state index is -0.0974. The van der Waals surface area contributed by atoms with Gasteiger partial charge in [0.1, 0.15) is 0 Å². The predicted octanol–water partition coefficient (Wildman–Crippen LogP) is 1.69. The molecule has 0 unspecified atom stereocenters. The molecule has 0 bridgehead atoms. The van der Waals surface area contributed by atoms with Crippen LogP contribution in [0.15, 0.2) is 18.2 Å². The lowest BCUT2D eigenvalue weighted by atomic mass is 10.2. The number of hydrogen-bond donors (Lipinski definition) is 1. The number of benzene rings is 1. The van der Waals surface area contributed by atoms with Crippen molar-refractivity contribution in [3.8, 4) is 11.5 Å². The molecule has 0 saturated carbocycles. The zero-order valence-corrected chi connectivity index (χ0v) is 7.04. The van der Waals surface area contributed by atoms with E-state index in [2.05, 4.69) is 0 Å². The Hall–Kier alpha value is -1.22. The summed E-state index contributed by atoms with van der Waals surface area (Å²) in [6, 6.07) is 4.96. The van der Waals surface area contributed by atoms with E-state index in [9.17, 15) is 5.11 Å². The van der Waals surface area contributed by atoms with E-state index in [1.54, 1.807) is 12.1 Å². The van der Waals surface area contributed by atoms with Crippen LogP contribution in [0.5, 0.6) is 11.5 Å². The average molecular weight is 166 g/mol. The second-order valence-electron chi connectivity index (χ2n) is 2.42. The third-order valence-electron chi connectivity index (χ3n) is 1.54. The van der Waals surface area contributed by atoms with Crippen molar-refractivity contribution in [2.24, 2.45) is 5.73 Å². The molecule has 3 heteroatoms. The summed E-state index contributed by atoms with van der Waals surface area (Å²) in [4.78, 5) is 0. The lowest BCUT2D eigenvalue weighted by molar-refractivity contribution is 0.287. The first-order valence-electron chi connectivity index (χ1n) is 3.90. The van der Waals surface area contributed by atoms with E-state index >= 15 is 0 Å². The highest BCUT2D eigenvalue weighted by molar-refractivity contribution is 5.41. The fourth-order valence-corrected chi connectivity index (χ4v) is 0.954. The van der Waals surface area contributed by atoms with E-state index in [0.717, 1.165) is 5.56 Å². The van der Waals surface area contributed by atoms with Gasteiger partial charge in [-0.1, -0.05) is 6.07 Å². The number of hydrogen-bond acceptors (Lipinski definition) is 2. The fourth-order valence-electron chi connectivity index (χ4n) is 0.954. The van der Waals surface area contributed by atoms with Crippen LogP contribution in [0.3, 0.4) is 0 Å². The molecule has 1 rings (SSSR count). The topological polar surface area (TPSA) is 55.1 Å². The third kappa shape index (κ3) is 1.89. The molecule has 0 aliphatic carbocycles. The Kier molecular flexibility index (Phi) is 2.94. The normalized spacial score (nSPS) is 9.83. The van der Waals surface area contributed by atoms with Gasteiger partial charge in [-0.25, -0.2) is 0 Å². The largest absolute Gasteiger partial charge is 0.490 e. The molecule has 1 aromatic carbocycles. The van der Waals surface area contributed by atoms with Gasteiger partial charge in [-0.2, -0.15) is 0 Å². The summed E-state index contributed by atoms with van der Waals surface area (Å²) in [5.41, 5.74) is 6.20. The van der Waals surface area contributed by atoms with Crippen molar-refractivity contribution in [1.29, 1.82) is 0 Å². The van der Waals surface area contributed by atoms with Crippen molar-refractivity contribution in [2.75, 3.05) is 6.61 Å². The quantitative estimate of drug-likeness (QED) is 0.742. The Labute approximate surface area is 71.8 Å². The molecule has 0 spiro atoms. The smallest absolute Gasteiger partial charge is 0.220 e. The van der Waals surface area contributed by atoms with Crippen molar-refractivity contribution < 1.29 is 9.84 Å². The molecule has 0 aliphatic heterocycles. The van der Waals surface area contributed by atoms with Gasteiger partial charge < -0.3 is 10.5 Å². The third-order valence-corrected chi connectivity index (χ3v) is 1.54. The van der Waals surface area contributed by atoms with E-state index in [4.69, 9.17) is 10.5 Å². The highest BCUT2D eigenvalue weighted by atomic mass is 16.5. The molecule has 0 atom stereocenters. The molecule has 0 heterocycles. The molecular formula is C9H12NO2. The van der Waals surface area contributed by atoms with Crippen molar-refractivity contribution in [2.45, 2.75) is 13.5 Å². The van der Waals surface area contributed by atoms with Crippen LogP contribution >= 0.6 is 0 Å². The minimum Gasteiger partial charge on any atom is -0.490 e. The number of nitrogens with two attached hydrogens (primary N) is 1. The molecule has 0 saturated heterocycles. The summed E-state index contributed by atoms with van der Waals surface area (Å²) in [5.74, 6) is 0.300. The van der Waals surface area contributed by atoms with Crippen LogP contribution in [0, 0.1) is 0 Å². The molecule has 12 heavy (non-hydrogen) atoms. The van der Waals surface area contributed by atoms with E-state index in [0.29, 0.717) is 18.9 Å². The van der Waals surface area contributed by atoms with Gasteiger partial charge in [-0.05, 0) is 24.6 Å². The van der Waals surface area contributed by atoms with Gasteiger partial charge in [0, 0.05) is 6.54 Å². The van der Waals surface area contributed by atoms with Crippen LogP contribution in [0.2, 0.25) is 0 Å². The molecule has 1 radical (unpaired) electrons. The highest BCUT2D eigenvalue weighted by Crippen LogP contribution is 2.27. The van der Waals surface area contributed by atoms with E-state index < -0.39 is 0 Å². The van der Waals surface area contributed by atoms with Crippen LogP contribution < -0.4 is 10.5 Å². The first kappa shape index (κ1) is 8.87. The first-order valence-corrected chi connectivity index (χ1v) is 3.90. The summed E-state index contributed by atoms with van der Waals surface area (Å²) in [6.45, 7) is 2.75. The molecule has 0 aliphatic rings. The van der Waals surface area contributed by atoms with Gasteiger partial charge in [-0.3, -0.25) is 5.11 Å². The van der Waals surface area contributed by atoms with Crippen molar-refractivity contribution >= 4 is 0 Å². The van der Waals surface area contributed by atoms with E-state index in [-0.39, 0.29) is 5.75 Å². The molecule has 3 nitrogen and oxygen atoms in total. The van der Waals surface area contributed by atoms with Crippen LogP contribution in [0.4, 0.5) is 0 Å². The van der Waals surface area contributed by atoms with E-state index in [1.807, 2.05) is 6.92 Å². The summed E-state index contributed by atoms with van der Waals surface area (Å²) < 4.78 is 5.08. The maximum absolute atomic E-state index is 11.2. The summed E-state index contributed by atoms with van der Waals surface area (Å²) >= 11 is 0. The Morgan fingerprint density at radius 3 is 2.75 bits per heavy atom. The Balaban J connectivity index is 2.87. The minimum absolute atomic E-state index is 0.0974. The number of ether oxygens (including phenoxy) is 1. The van der Waals surface area contributed by atoms with Crippen molar-refractivity contribution in [1.82, 2.24) is 0 Å². The maximum atomic E-state index is 11.2. The van der Waals surface area contributed by atoms with E-state index in [1.165, 1.54) is 6.07 Å². The van der Waals surface area contributed by atoms with Gasteiger partial charge >= 0.3 is 0 Å². The van der Waals surface area contributed by atoms with Gasteiger partial charge in [0.2, 0.25) is 5.75 Å². The lowest BCUT2D eigenvalue weighted by Gasteiger charge is -2.04. The first-order chi connectivity index (χ1) is 5.77. The molecule has 0 fully saturated rings. The molecule has 65 valence electrons. The fraction of sp³-hybridized carbons (Fsp3) is 0.333. The molecule has 1 aromatic rings. The van der Waals surface area contributed by atoms with Crippen LogP contribution in [-0.4, -0.2) is 6.61 Å². The molecule has 2 N–H and O–H groups in total. The second-order valence-corrected chi connectivity index (χ2v) is 2.42.